The predicted molar refractivity (Wildman–Crippen MR) is 64.0 cm³/mol. The van der Waals surface area contributed by atoms with E-state index in [0.29, 0.717) is 10.0 Å². The molecule has 1 rings (SSSR count). The number of hydrogen-bond donors (Lipinski definition) is 0. The Balaban J connectivity index is 3.24. The minimum atomic E-state index is -0.644. The molecule has 0 radical (unpaired) electrons. The van der Waals surface area contributed by atoms with Crippen LogP contribution in [0.5, 0.6) is 0 Å². The van der Waals surface area contributed by atoms with Gasteiger partial charge in [-0.2, -0.15) is 0 Å². The fraction of sp³-hybridized carbons (Fsp3) is 0.200. The fourth-order valence-corrected chi connectivity index (χ4v) is 2.10. The first-order valence-electron chi connectivity index (χ1n) is 4.15. The summed E-state index contributed by atoms with van der Waals surface area (Å²) in [5.74, 6) is 0.0253. The molecule has 0 unspecified atom stereocenters. The molecule has 0 bridgehead atoms. The summed E-state index contributed by atoms with van der Waals surface area (Å²) in [6.07, 6.45) is 0.182. The second-order valence-corrected chi connectivity index (χ2v) is 4.37. The van der Waals surface area contributed by atoms with Crippen LogP contribution < -0.4 is 0 Å². The van der Waals surface area contributed by atoms with Gasteiger partial charge in [-0.1, -0.05) is 22.0 Å². The number of rotatable bonds is 4. The molecule has 80 valence electrons. The number of ketones is 1. The zero-order valence-electron chi connectivity index (χ0n) is 7.60. The third-order valence-electron chi connectivity index (χ3n) is 1.83. The Bertz CT molecular complexity index is 404. The molecule has 0 amide bonds. The second-order valence-electron chi connectivity index (χ2n) is 2.80. The summed E-state index contributed by atoms with van der Waals surface area (Å²) in [5, 5.41) is -0.644. The Hall–Kier alpha value is -0.380. The highest BCUT2D eigenvalue weighted by Gasteiger charge is 2.17. The first kappa shape index (κ1) is 12.7. The van der Waals surface area contributed by atoms with Gasteiger partial charge in [0, 0.05) is 27.9 Å². The van der Waals surface area contributed by atoms with Crippen molar-refractivity contribution < 1.29 is 9.59 Å². The van der Waals surface area contributed by atoms with Crippen molar-refractivity contribution >= 4 is 50.2 Å². The molecule has 0 atom stereocenters. The zero-order chi connectivity index (χ0) is 11.4. The zero-order valence-corrected chi connectivity index (χ0v) is 10.7. The topological polar surface area (TPSA) is 34.1 Å². The van der Waals surface area contributed by atoms with Crippen molar-refractivity contribution in [2.75, 3.05) is 5.88 Å². The van der Waals surface area contributed by atoms with E-state index in [1.807, 2.05) is 0 Å². The maximum atomic E-state index is 11.7. The van der Waals surface area contributed by atoms with Gasteiger partial charge in [-0.15, -0.1) is 11.6 Å². The fourth-order valence-electron chi connectivity index (χ4n) is 1.18. The summed E-state index contributed by atoms with van der Waals surface area (Å²) < 4.78 is 0.559. The number of Topliss-reactive ketones (excluding diaryl/α,β-unsaturated/α-hetero) is 1. The molecule has 0 aliphatic rings. The standard InChI is InChI=1S/C10H7BrCl2O2/c11-7-3-1-2-6(10(13)15)9(7)8(14)4-5-12/h1-3H,4-5H2. The molecule has 0 heterocycles. The molecule has 5 heteroatoms. The monoisotopic (exact) mass is 308 g/mol. The number of alkyl halides is 1. The van der Waals surface area contributed by atoms with Gasteiger partial charge in [-0.05, 0) is 23.7 Å². The average molecular weight is 310 g/mol. The van der Waals surface area contributed by atoms with Gasteiger partial charge in [0.05, 0.1) is 0 Å². The predicted octanol–water partition coefficient (Wildman–Crippen LogP) is 3.64. The maximum absolute atomic E-state index is 11.7. The van der Waals surface area contributed by atoms with Crippen molar-refractivity contribution in [3.63, 3.8) is 0 Å². The first-order chi connectivity index (χ1) is 7.07. The van der Waals surface area contributed by atoms with Crippen molar-refractivity contribution in [2.24, 2.45) is 0 Å². The molecule has 0 aliphatic heterocycles. The molecule has 1 aromatic rings. The van der Waals surface area contributed by atoms with Gasteiger partial charge in [0.15, 0.2) is 5.78 Å². The number of halogens is 3. The summed E-state index contributed by atoms with van der Waals surface area (Å²) in [6, 6.07) is 4.85. The molecule has 0 saturated heterocycles. The van der Waals surface area contributed by atoms with Gasteiger partial charge in [-0.25, -0.2) is 0 Å². The van der Waals surface area contributed by atoms with Crippen molar-refractivity contribution in [2.45, 2.75) is 6.42 Å². The van der Waals surface area contributed by atoms with E-state index in [4.69, 9.17) is 23.2 Å². The summed E-state index contributed by atoms with van der Waals surface area (Å²) in [6.45, 7) is 0. The molecular formula is C10H7BrCl2O2. The summed E-state index contributed by atoms with van der Waals surface area (Å²) in [5.41, 5.74) is 0.513. The lowest BCUT2D eigenvalue weighted by atomic mass is 10.0. The molecule has 0 aliphatic carbocycles. The maximum Gasteiger partial charge on any atom is 0.253 e. The van der Waals surface area contributed by atoms with Crippen molar-refractivity contribution in [1.82, 2.24) is 0 Å². The van der Waals surface area contributed by atoms with Crippen molar-refractivity contribution in [1.29, 1.82) is 0 Å². The van der Waals surface area contributed by atoms with Gasteiger partial charge in [0.1, 0.15) is 0 Å². The largest absolute Gasteiger partial charge is 0.294 e. The Labute approximate surface area is 106 Å². The van der Waals surface area contributed by atoms with Crippen molar-refractivity contribution in [3.8, 4) is 0 Å². The van der Waals surface area contributed by atoms with Crippen LogP contribution in [0.3, 0.4) is 0 Å². The van der Waals surface area contributed by atoms with Gasteiger partial charge < -0.3 is 0 Å². The first-order valence-corrected chi connectivity index (χ1v) is 5.86. The van der Waals surface area contributed by atoms with Gasteiger partial charge >= 0.3 is 0 Å². The third kappa shape index (κ3) is 3.03. The van der Waals surface area contributed by atoms with Gasteiger partial charge in [0.2, 0.25) is 0 Å². The SMILES string of the molecule is O=C(Cl)c1cccc(Br)c1C(=O)CCCl. The van der Waals surface area contributed by atoms with Gasteiger partial charge in [0.25, 0.3) is 5.24 Å². The highest BCUT2D eigenvalue weighted by atomic mass is 79.9. The number of hydrogen-bond acceptors (Lipinski definition) is 2. The normalized spacial score (nSPS) is 10.1. The van der Waals surface area contributed by atoms with Crippen LogP contribution in [0.25, 0.3) is 0 Å². The van der Waals surface area contributed by atoms with Crippen LogP contribution >= 0.6 is 39.1 Å². The minimum absolute atomic E-state index is 0.182. The lowest BCUT2D eigenvalue weighted by molar-refractivity contribution is 0.0978. The molecule has 0 saturated carbocycles. The van der Waals surface area contributed by atoms with Crippen molar-refractivity contribution in [3.05, 3.63) is 33.8 Å². The van der Waals surface area contributed by atoms with E-state index in [9.17, 15) is 9.59 Å². The highest BCUT2D eigenvalue weighted by molar-refractivity contribution is 9.10. The number of carbonyl (C=O) groups is 2. The van der Waals surface area contributed by atoms with Crippen LogP contribution in [0.15, 0.2) is 22.7 Å². The molecule has 0 aromatic heterocycles. The number of benzene rings is 1. The average Bonchev–Trinajstić information content (AvgIpc) is 2.17. The number of carbonyl (C=O) groups excluding carboxylic acids is 2. The summed E-state index contributed by atoms with van der Waals surface area (Å²) in [7, 11) is 0. The Morgan fingerprint density at radius 1 is 1.33 bits per heavy atom. The molecule has 0 spiro atoms. The Morgan fingerprint density at radius 3 is 2.53 bits per heavy atom. The van der Waals surface area contributed by atoms with Gasteiger partial charge in [-0.3, -0.25) is 9.59 Å². The smallest absolute Gasteiger partial charge is 0.253 e. The van der Waals surface area contributed by atoms with E-state index >= 15 is 0 Å². The van der Waals surface area contributed by atoms with E-state index in [2.05, 4.69) is 15.9 Å². The van der Waals surface area contributed by atoms with Crippen LogP contribution in [-0.4, -0.2) is 16.9 Å². The highest BCUT2D eigenvalue weighted by Crippen LogP contribution is 2.23. The van der Waals surface area contributed by atoms with E-state index < -0.39 is 5.24 Å². The molecule has 1 aromatic carbocycles. The molecular weight excluding hydrogens is 303 g/mol. The molecule has 15 heavy (non-hydrogen) atoms. The Kier molecular flexibility index (Phi) is 4.77. The lowest BCUT2D eigenvalue weighted by Gasteiger charge is -2.06. The minimum Gasteiger partial charge on any atom is -0.294 e. The van der Waals surface area contributed by atoms with E-state index in [0.717, 1.165) is 0 Å². The third-order valence-corrected chi connectivity index (χ3v) is 2.88. The molecule has 0 N–H and O–H groups in total. The Morgan fingerprint density at radius 2 is 2.00 bits per heavy atom. The van der Waals surface area contributed by atoms with E-state index in [-0.39, 0.29) is 23.6 Å². The lowest BCUT2D eigenvalue weighted by Crippen LogP contribution is -2.07. The molecule has 0 fully saturated rings. The van der Waals surface area contributed by atoms with Crippen LogP contribution in [-0.2, 0) is 0 Å². The summed E-state index contributed by atoms with van der Waals surface area (Å²) >= 11 is 14.1. The summed E-state index contributed by atoms with van der Waals surface area (Å²) in [4.78, 5) is 22.8. The van der Waals surface area contributed by atoms with Crippen LogP contribution in [0.1, 0.15) is 27.1 Å². The van der Waals surface area contributed by atoms with Crippen LogP contribution in [0.2, 0.25) is 0 Å². The van der Waals surface area contributed by atoms with E-state index in [1.54, 1.807) is 12.1 Å². The quantitative estimate of drug-likeness (QED) is 0.483. The van der Waals surface area contributed by atoms with Crippen LogP contribution in [0, 0.1) is 0 Å². The molecule has 2 nitrogen and oxygen atoms in total. The second kappa shape index (κ2) is 5.64. The van der Waals surface area contributed by atoms with E-state index in [1.165, 1.54) is 6.07 Å². The van der Waals surface area contributed by atoms with Crippen LogP contribution in [0.4, 0.5) is 0 Å².